The first-order valence-electron chi connectivity index (χ1n) is 3.71. The van der Waals surface area contributed by atoms with Crippen LogP contribution in [0, 0.1) is 10.1 Å². The number of methoxy groups -OCH3 is 1. The third-order valence-corrected chi connectivity index (χ3v) is 1.70. The highest BCUT2D eigenvalue weighted by atomic mass is 35.5. The first-order valence-corrected chi connectivity index (χ1v) is 3.71. The van der Waals surface area contributed by atoms with Crippen LogP contribution in [0.2, 0.25) is 0 Å². The molecule has 0 spiro atoms. The molecule has 0 saturated carbocycles. The smallest absolute Gasteiger partial charge is 0.315 e. The molecule has 78 valence electrons. The fourth-order valence-corrected chi connectivity index (χ4v) is 1.10. The minimum Gasteiger partial charge on any atom is -0.490 e. The van der Waals surface area contributed by atoms with Gasteiger partial charge in [-0.15, -0.1) is 12.4 Å². The van der Waals surface area contributed by atoms with Gasteiger partial charge in [0.15, 0.2) is 5.75 Å². The number of hydrogen-bond acceptors (Lipinski definition) is 4. The van der Waals surface area contributed by atoms with E-state index in [-0.39, 0.29) is 30.4 Å². The minimum absolute atomic E-state index is 0. The number of nitrogens with two attached hydrogens (primary N) is 1. The largest absolute Gasteiger partial charge is 0.490 e. The van der Waals surface area contributed by atoms with Crippen LogP contribution in [-0.2, 0) is 6.54 Å². The van der Waals surface area contributed by atoms with E-state index in [1.54, 1.807) is 12.1 Å². The van der Waals surface area contributed by atoms with Gasteiger partial charge in [0.1, 0.15) is 0 Å². The normalized spacial score (nSPS) is 9.00. The summed E-state index contributed by atoms with van der Waals surface area (Å²) in [6, 6.07) is 4.83. The van der Waals surface area contributed by atoms with Crippen molar-refractivity contribution in [3.8, 4) is 5.75 Å². The maximum atomic E-state index is 10.6. The Balaban J connectivity index is 0.00000169. The quantitative estimate of drug-likeness (QED) is 0.616. The molecule has 0 bridgehead atoms. The van der Waals surface area contributed by atoms with Crippen molar-refractivity contribution in [3.05, 3.63) is 33.9 Å². The number of hydrogen-bond donors (Lipinski definition) is 1. The van der Waals surface area contributed by atoms with Crippen molar-refractivity contribution >= 4 is 18.1 Å². The van der Waals surface area contributed by atoms with E-state index in [1.807, 2.05) is 0 Å². The second-order valence-corrected chi connectivity index (χ2v) is 2.43. The molecule has 1 aromatic rings. The second kappa shape index (κ2) is 5.41. The van der Waals surface area contributed by atoms with E-state index in [1.165, 1.54) is 13.2 Å². The number of para-hydroxylation sites is 1. The molecule has 1 rings (SSSR count). The first kappa shape index (κ1) is 12.7. The maximum Gasteiger partial charge on any atom is 0.315 e. The summed E-state index contributed by atoms with van der Waals surface area (Å²) in [5.74, 6) is 0.243. The summed E-state index contributed by atoms with van der Waals surface area (Å²) in [7, 11) is 1.39. The lowest BCUT2D eigenvalue weighted by Gasteiger charge is -2.04. The molecule has 0 fully saturated rings. The fourth-order valence-electron chi connectivity index (χ4n) is 1.10. The van der Waals surface area contributed by atoms with Crippen molar-refractivity contribution in [2.45, 2.75) is 6.54 Å². The number of rotatable bonds is 3. The molecule has 5 nitrogen and oxygen atoms in total. The molecular weight excluding hydrogens is 208 g/mol. The summed E-state index contributed by atoms with van der Waals surface area (Å²) < 4.78 is 4.85. The molecule has 6 heteroatoms. The molecule has 1 aromatic carbocycles. The van der Waals surface area contributed by atoms with Gasteiger partial charge in [-0.2, -0.15) is 0 Å². The van der Waals surface area contributed by atoms with Crippen molar-refractivity contribution in [2.75, 3.05) is 7.11 Å². The number of nitrogens with zero attached hydrogens (tertiary/aromatic N) is 1. The Morgan fingerprint density at radius 2 is 2.21 bits per heavy atom. The second-order valence-electron chi connectivity index (χ2n) is 2.43. The number of ether oxygens (including phenoxy) is 1. The highest BCUT2D eigenvalue weighted by Gasteiger charge is 2.18. The molecule has 0 aliphatic carbocycles. The van der Waals surface area contributed by atoms with Crippen molar-refractivity contribution < 1.29 is 9.66 Å². The van der Waals surface area contributed by atoms with Crippen LogP contribution in [0.15, 0.2) is 18.2 Å². The van der Waals surface area contributed by atoms with Crippen LogP contribution in [0.4, 0.5) is 5.69 Å². The number of benzene rings is 1. The van der Waals surface area contributed by atoms with Crippen LogP contribution < -0.4 is 10.5 Å². The summed E-state index contributed by atoms with van der Waals surface area (Å²) in [4.78, 5) is 10.1. The molecule has 0 aliphatic rings. The third kappa shape index (κ3) is 2.34. The predicted molar refractivity (Wildman–Crippen MR) is 54.8 cm³/mol. The molecule has 0 aromatic heterocycles. The van der Waals surface area contributed by atoms with Gasteiger partial charge in [0.2, 0.25) is 0 Å². The van der Waals surface area contributed by atoms with Crippen molar-refractivity contribution in [1.29, 1.82) is 0 Å². The summed E-state index contributed by atoms with van der Waals surface area (Å²) in [6.07, 6.45) is 0. The van der Waals surface area contributed by atoms with Gasteiger partial charge >= 0.3 is 5.69 Å². The van der Waals surface area contributed by atoms with Crippen molar-refractivity contribution in [1.82, 2.24) is 0 Å². The molecule has 2 N–H and O–H groups in total. The van der Waals surface area contributed by atoms with E-state index >= 15 is 0 Å². The number of nitro benzene ring substituents is 1. The molecule has 0 heterocycles. The van der Waals surface area contributed by atoms with Crippen LogP contribution in [-0.4, -0.2) is 12.0 Å². The van der Waals surface area contributed by atoms with Gasteiger partial charge in [0, 0.05) is 12.1 Å². The Morgan fingerprint density at radius 1 is 1.57 bits per heavy atom. The lowest BCUT2D eigenvalue weighted by Crippen LogP contribution is -2.03. The summed E-state index contributed by atoms with van der Waals surface area (Å²) in [6.45, 7) is 0.132. The Labute approximate surface area is 87.4 Å². The molecule has 0 amide bonds. The van der Waals surface area contributed by atoms with Gasteiger partial charge in [0.05, 0.1) is 12.0 Å². The van der Waals surface area contributed by atoms with Gasteiger partial charge in [-0.3, -0.25) is 10.1 Å². The van der Waals surface area contributed by atoms with Crippen LogP contribution in [0.1, 0.15) is 5.56 Å². The topological polar surface area (TPSA) is 78.4 Å². The molecule has 0 saturated heterocycles. The van der Waals surface area contributed by atoms with Crippen LogP contribution in [0.5, 0.6) is 5.75 Å². The van der Waals surface area contributed by atoms with E-state index in [9.17, 15) is 10.1 Å². The van der Waals surface area contributed by atoms with Crippen LogP contribution in [0.25, 0.3) is 0 Å². The molecular formula is C8H11ClN2O3. The Morgan fingerprint density at radius 3 is 2.64 bits per heavy atom. The van der Waals surface area contributed by atoms with E-state index < -0.39 is 4.92 Å². The number of halogens is 1. The van der Waals surface area contributed by atoms with Crippen LogP contribution >= 0.6 is 12.4 Å². The zero-order chi connectivity index (χ0) is 9.84. The Hall–Kier alpha value is -1.33. The maximum absolute atomic E-state index is 10.6. The zero-order valence-electron chi connectivity index (χ0n) is 7.60. The van der Waals surface area contributed by atoms with E-state index in [0.717, 1.165) is 0 Å². The Bertz CT molecular complexity index is 308. The third-order valence-electron chi connectivity index (χ3n) is 1.70. The predicted octanol–water partition coefficient (Wildman–Crippen LogP) is 1.48. The first-order chi connectivity index (χ1) is 6.20. The van der Waals surface area contributed by atoms with E-state index in [4.69, 9.17) is 10.5 Å². The fraction of sp³-hybridized carbons (Fsp3) is 0.250. The zero-order valence-corrected chi connectivity index (χ0v) is 8.41. The molecule has 0 aliphatic heterocycles. The molecule has 0 unspecified atom stereocenters. The lowest BCUT2D eigenvalue weighted by molar-refractivity contribution is -0.386. The highest BCUT2D eigenvalue weighted by molar-refractivity contribution is 5.85. The lowest BCUT2D eigenvalue weighted by atomic mass is 10.1. The number of nitro groups is 1. The molecule has 14 heavy (non-hydrogen) atoms. The van der Waals surface area contributed by atoms with Gasteiger partial charge in [0.25, 0.3) is 0 Å². The average molecular weight is 219 g/mol. The van der Waals surface area contributed by atoms with Crippen molar-refractivity contribution in [3.63, 3.8) is 0 Å². The van der Waals surface area contributed by atoms with Crippen LogP contribution in [0.3, 0.4) is 0 Å². The summed E-state index contributed by atoms with van der Waals surface area (Å²) in [5, 5.41) is 10.6. The highest BCUT2D eigenvalue weighted by Crippen LogP contribution is 2.29. The van der Waals surface area contributed by atoms with E-state index in [2.05, 4.69) is 0 Å². The SMILES string of the molecule is COc1cccc(CN)c1[N+](=O)[O-].Cl. The monoisotopic (exact) mass is 218 g/mol. The van der Waals surface area contributed by atoms with Gasteiger partial charge in [-0.1, -0.05) is 12.1 Å². The van der Waals surface area contributed by atoms with Gasteiger partial charge < -0.3 is 10.5 Å². The minimum atomic E-state index is -0.485. The van der Waals surface area contributed by atoms with Gasteiger partial charge in [-0.05, 0) is 6.07 Å². The Kier molecular flexibility index (Phi) is 4.90. The van der Waals surface area contributed by atoms with Crippen molar-refractivity contribution in [2.24, 2.45) is 5.73 Å². The molecule has 0 atom stereocenters. The van der Waals surface area contributed by atoms with E-state index in [0.29, 0.717) is 5.56 Å². The average Bonchev–Trinajstić information content (AvgIpc) is 2.16. The molecule has 0 radical (unpaired) electrons. The summed E-state index contributed by atoms with van der Waals surface area (Å²) in [5.41, 5.74) is 5.78. The summed E-state index contributed by atoms with van der Waals surface area (Å²) >= 11 is 0. The standard InChI is InChI=1S/C8H10N2O3.ClH/c1-13-7-4-2-3-6(5-9)8(7)10(11)12;/h2-4H,5,9H2,1H3;1H. The van der Waals surface area contributed by atoms with Gasteiger partial charge in [-0.25, -0.2) is 0 Å².